The summed E-state index contributed by atoms with van der Waals surface area (Å²) in [6.45, 7) is 2.57. The van der Waals surface area contributed by atoms with E-state index in [4.69, 9.17) is 9.47 Å². The smallest absolute Gasteiger partial charge is 0.411 e. The molecule has 0 aliphatic carbocycles. The first kappa shape index (κ1) is 18.5. The van der Waals surface area contributed by atoms with Gasteiger partial charge in [-0.1, -0.05) is 25.1 Å². The van der Waals surface area contributed by atoms with Gasteiger partial charge in [0.2, 0.25) is 0 Å². The maximum absolute atomic E-state index is 12.3. The van der Waals surface area contributed by atoms with Gasteiger partial charge < -0.3 is 14.8 Å². The SMILES string of the molecule is CCc1ccc(C(=O)Nc2cccc(NC(=O)OCCOC)c2)cc1. The summed E-state index contributed by atoms with van der Waals surface area (Å²) in [6, 6.07) is 14.3. The Morgan fingerprint density at radius 1 is 0.960 bits per heavy atom. The summed E-state index contributed by atoms with van der Waals surface area (Å²) in [4.78, 5) is 23.9. The fraction of sp³-hybridized carbons (Fsp3) is 0.263. The van der Waals surface area contributed by atoms with E-state index in [1.54, 1.807) is 36.4 Å². The van der Waals surface area contributed by atoms with Crippen LogP contribution >= 0.6 is 0 Å². The maximum atomic E-state index is 12.3. The van der Waals surface area contributed by atoms with Gasteiger partial charge >= 0.3 is 6.09 Å². The number of carbonyl (C=O) groups excluding carboxylic acids is 2. The molecule has 2 aromatic carbocycles. The summed E-state index contributed by atoms with van der Waals surface area (Å²) < 4.78 is 9.75. The molecule has 0 saturated carbocycles. The van der Waals surface area contributed by atoms with E-state index >= 15 is 0 Å². The molecule has 25 heavy (non-hydrogen) atoms. The Balaban J connectivity index is 1.95. The van der Waals surface area contributed by atoms with Crippen LogP contribution in [-0.4, -0.2) is 32.3 Å². The highest BCUT2D eigenvalue weighted by Gasteiger charge is 2.08. The van der Waals surface area contributed by atoms with Crippen molar-refractivity contribution in [2.75, 3.05) is 31.0 Å². The molecule has 2 rings (SSSR count). The Labute approximate surface area is 147 Å². The zero-order valence-electron chi connectivity index (χ0n) is 14.4. The van der Waals surface area contributed by atoms with Gasteiger partial charge in [0.1, 0.15) is 6.61 Å². The Kier molecular flexibility index (Phi) is 6.98. The topological polar surface area (TPSA) is 76.7 Å². The van der Waals surface area contributed by atoms with Gasteiger partial charge in [0.15, 0.2) is 0 Å². The maximum Gasteiger partial charge on any atom is 0.411 e. The number of aryl methyl sites for hydroxylation is 1. The number of carbonyl (C=O) groups is 2. The zero-order chi connectivity index (χ0) is 18.1. The molecule has 0 heterocycles. The van der Waals surface area contributed by atoms with Crippen molar-refractivity contribution in [3.8, 4) is 0 Å². The average molecular weight is 342 g/mol. The summed E-state index contributed by atoms with van der Waals surface area (Å²) in [5, 5.41) is 5.41. The van der Waals surface area contributed by atoms with Gasteiger partial charge in [0.25, 0.3) is 5.91 Å². The Morgan fingerprint density at radius 3 is 2.28 bits per heavy atom. The molecule has 0 fully saturated rings. The first-order chi connectivity index (χ1) is 12.1. The van der Waals surface area contributed by atoms with Crippen LogP contribution in [0.3, 0.4) is 0 Å². The first-order valence-electron chi connectivity index (χ1n) is 8.05. The summed E-state index contributed by atoms with van der Waals surface area (Å²) in [7, 11) is 1.53. The zero-order valence-corrected chi connectivity index (χ0v) is 14.4. The van der Waals surface area contributed by atoms with Crippen LogP contribution in [-0.2, 0) is 15.9 Å². The monoisotopic (exact) mass is 342 g/mol. The van der Waals surface area contributed by atoms with Gasteiger partial charge in [-0.05, 0) is 42.3 Å². The van der Waals surface area contributed by atoms with Crippen molar-refractivity contribution in [3.63, 3.8) is 0 Å². The number of hydrogen-bond acceptors (Lipinski definition) is 4. The number of ether oxygens (including phenoxy) is 2. The molecule has 6 nitrogen and oxygen atoms in total. The van der Waals surface area contributed by atoms with Gasteiger partial charge in [-0.15, -0.1) is 0 Å². The molecule has 0 spiro atoms. The molecule has 0 saturated heterocycles. The largest absolute Gasteiger partial charge is 0.447 e. The van der Waals surface area contributed by atoms with E-state index < -0.39 is 6.09 Å². The molecule has 2 aromatic rings. The van der Waals surface area contributed by atoms with Gasteiger partial charge in [-0.2, -0.15) is 0 Å². The van der Waals surface area contributed by atoms with Crippen LogP contribution in [0.25, 0.3) is 0 Å². The fourth-order valence-electron chi connectivity index (χ4n) is 2.14. The highest BCUT2D eigenvalue weighted by molar-refractivity contribution is 6.04. The van der Waals surface area contributed by atoms with E-state index in [1.165, 1.54) is 12.7 Å². The molecule has 0 aromatic heterocycles. The van der Waals surface area contributed by atoms with Gasteiger partial charge in [-0.3, -0.25) is 10.1 Å². The van der Waals surface area contributed by atoms with Gasteiger partial charge in [-0.25, -0.2) is 4.79 Å². The minimum Gasteiger partial charge on any atom is -0.447 e. The van der Waals surface area contributed by atoms with Crippen molar-refractivity contribution >= 4 is 23.4 Å². The van der Waals surface area contributed by atoms with Crippen LogP contribution in [0, 0.1) is 0 Å². The van der Waals surface area contributed by atoms with Gasteiger partial charge in [0.05, 0.1) is 6.61 Å². The third kappa shape index (κ3) is 5.93. The number of rotatable bonds is 7. The van der Waals surface area contributed by atoms with E-state index in [1.807, 2.05) is 12.1 Å². The van der Waals surface area contributed by atoms with Crippen LogP contribution in [0.2, 0.25) is 0 Å². The van der Waals surface area contributed by atoms with Crippen molar-refractivity contribution in [2.45, 2.75) is 13.3 Å². The van der Waals surface area contributed by atoms with E-state index in [-0.39, 0.29) is 12.5 Å². The molecular formula is C19H22N2O4. The highest BCUT2D eigenvalue weighted by Crippen LogP contribution is 2.16. The average Bonchev–Trinajstić information content (AvgIpc) is 2.62. The summed E-state index contributed by atoms with van der Waals surface area (Å²) >= 11 is 0. The van der Waals surface area contributed by atoms with Crippen molar-refractivity contribution in [1.29, 1.82) is 0 Å². The second-order valence-electron chi connectivity index (χ2n) is 5.34. The second-order valence-corrected chi connectivity index (χ2v) is 5.34. The second kappa shape index (κ2) is 9.44. The van der Waals surface area contributed by atoms with Crippen molar-refractivity contribution in [2.24, 2.45) is 0 Å². The molecule has 0 aliphatic rings. The third-order valence-electron chi connectivity index (χ3n) is 3.51. The summed E-state index contributed by atoms with van der Waals surface area (Å²) in [5.41, 5.74) is 2.87. The van der Waals surface area contributed by atoms with E-state index in [0.717, 1.165) is 6.42 Å². The van der Waals surface area contributed by atoms with Gasteiger partial charge in [0, 0.05) is 24.0 Å². The predicted octanol–water partition coefficient (Wildman–Crippen LogP) is 3.70. The number of anilines is 2. The molecule has 0 atom stereocenters. The summed E-state index contributed by atoms with van der Waals surface area (Å²) in [5.74, 6) is -0.206. The first-order valence-corrected chi connectivity index (χ1v) is 8.05. The van der Waals surface area contributed by atoms with Crippen LogP contribution < -0.4 is 10.6 Å². The van der Waals surface area contributed by atoms with Crippen LogP contribution in [0.4, 0.5) is 16.2 Å². The predicted molar refractivity (Wildman–Crippen MR) is 97.1 cm³/mol. The normalized spacial score (nSPS) is 10.2. The lowest BCUT2D eigenvalue weighted by molar-refractivity contribution is 0.102. The summed E-state index contributed by atoms with van der Waals surface area (Å²) in [6.07, 6.45) is 0.353. The van der Waals surface area contributed by atoms with Crippen molar-refractivity contribution in [1.82, 2.24) is 0 Å². The fourth-order valence-corrected chi connectivity index (χ4v) is 2.14. The molecule has 2 amide bonds. The van der Waals surface area contributed by atoms with E-state index in [2.05, 4.69) is 17.6 Å². The number of amides is 2. The minimum absolute atomic E-state index is 0.173. The van der Waals surface area contributed by atoms with Crippen LogP contribution in [0.1, 0.15) is 22.8 Å². The van der Waals surface area contributed by atoms with Crippen molar-refractivity contribution in [3.05, 3.63) is 59.7 Å². The van der Waals surface area contributed by atoms with E-state index in [9.17, 15) is 9.59 Å². The third-order valence-corrected chi connectivity index (χ3v) is 3.51. The quantitative estimate of drug-likeness (QED) is 0.752. The highest BCUT2D eigenvalue weighted by atomic mass is 16.6. The lowest BCUT2D eigenvalue weighted by atomic mass is 10.1. The molecule has 2 N–H and O–H groups in total. The van der Waals surface area contributed by atoms with Crippen LogP contribution in [0.15, 0.2) is 48.5 Å². The lowest BCUT2D eigenvalue weighted by Gasteiger charge is -2.09. The molecule has 132 valence electrons. The molecule has 0 unspecified atom stereocenters. The Hall–Kier alpha value is -2.86. The molecular weight excluding hydrogens is 320 g/mol. The van der Waals surface area contributed by atoms with Crippen LogP contribution in [0.5, 0.6) is 0 Å². The Bertz CT molecular complexity index is 714. The lowest BCUT2D eigenvalue weighted by Crippen LogP contribution is -2.17. The van der Waals surface area contributed by atoms with E-state index in [0.29, 0.717) is 23.5 Å². The standard InChI is InChI=1S/C19H22N2O4/c1-3-14-7-9-15(10-8-14)18(22)20-16-5-4-6-17(13-16)21-19(23)25-12-11-24-2/h4-10,13H,3,11-12H2,1-2H3,(H,20,22)(H,21,23). The minimum atomic E-state index is -0.573. The molecule has 0 aliphatic heterocycles. The van der Waals surface area contributed by atoms with Crippen molar-refractivity contribution < 1.29 is 19.1 Å². The molecule has 0 bridgehead atoms. The Morgan fingerprint density at radius 2 is 1.64 bits per heavy atom. The molecule has 6 heteroatoms. The molecule has 0 radical (unpaired) electrons. The number of benzene rings is 2. The number of hydrogen-bond donors (Lipinski definition) is 2. The number of methoxy groups -OCH3 is 1. The number of nitrogens with one attached hydrogen (secondary N) is 2.